The Bertz CT molecular complexity index is 1120. The van der Waals surface area contributed by atoms with Crippen molar-refractivity contribution in [3.63, 3.8) is 0 Å². The molecule has 0 spiro atoms. The molecule has 3 heterocycles. The number of hydrogen-bond donors (Lipinski definition) is 2. The zero-order valence-electron chi connectivity index (χ0n) is 23.8. The fourth-order valence-corrected chi connectivity index (χ4v) is 6.51. The molecule has 5 rings (SSSR count). The number of alkyl halides is 2. The number of rotatable bonds is 6. The smallest absolute Gasteiger partial charge is 0.405 e. The Morgan fingerprint density at radius 1 is 1.02 bits per heavy atom. The number of likely N-dealkylation sites (tertiary alicyclic amines) is 2. The predicted molar refractivity (Wildman–Crippen MR) is 151 cm³/mol. The third-order valence-corrected chi connectivity index (χ3v) is 8.55. The molecule has 2 amide bonds. The van der Waals surface area contributed by atoms with E-state index in [4.69, 9.17) is 0 Å². The number of aryl methyl sites for hydroxylation is 2. The van der Waals surface area contributed by atoms with E-state index in [-0.39, 0.29) is 30.7 Å². The van der Waals surface area contributed by atoms with Crippen molar-refractivity contribution >= 4 is 12.0 Å². The van der Waals surface area contributed by atoms with Crippen LogP contribution in [-0.4, -0.2) is 70.5 Å². The van der Waals surface area contributed by atoms with Gasteiger partial charge in [-0.25, -0.2) is 13.6 Å². The van der Waals surface area contributed by atoms with Gasteiger partial charge in [0.2, 0.25) is 5.92 Å². The van der Waals surface area contributed by atoms with Crippen LogP contribution in [0.2, 0.25) is 0 Å². The zero-order valence-corrected chi connectivity index (χ0v) is 23.8. The number of hydrogen-bond acceptors (Lipinski definition) is 4. The molecule has 1 aromatic heterocycles. The van der Waals surface area contributed by atoms with Crippen LogP contribution in [0, 0.1) is 31.6 Å². The van der Waals surface area contributed by atoms with Crippen molar-refractivity contribution in [3.05, 3.63) is 65.0 Å². The number of fused-ring (bicyclic) bond motifs is 1. The Balaban J connectivity index is 0.000000398. The summed E-state index contributed by atoms with van der Waals surface area (Å²) in [6.07, 6.45) is 3.41. The van der Waals surface area contributed by atoms with Crippen LogP contribution in [0.1, 0.15) is 72.2 Å². The van der Waals surface area contributed by atoms with Gasteiger partial charge in [0.25, 0.3) is 5.91 Å². The van der Waals surface area contributed by atoms with E-state index in [9.17, 15) is 23.5 Å². The number of benzene rings is 1. The number of nitrogens with one attached hydrogen (secondary N) is 1. The monoisotopic (exact) mass is 556 g/mol. The van der Waals surface area contributed by atoms with Gasteiger partial charge in [-0.2, -0.15) is 0 Å². The van der Waals surface area contributed by atoms with E-state index in [1.54, 1.807) is 6.20 Å². The second-order valence-corrected chi connectivity index (χ2v) is 11.8. The first kappa shape index (κ1) is 29.9. The van der Waals surface area contributed by atoms with E-state index in [1.807, 2.05) is 55.1 Å². The van der Waals surface area contributed by atoms with Gasteiger partial charge < -0.3 is 20.2 Å². The zero-order chi connectivity index (χ0) is 28.9. The lowest BCUT2D eigenvalue weighted by molar-refractivity contribution is -0.0337. The molecular weight excluding hydrogens is 514 g/mol. The Morgan fingerprint density at radius 2 is 1.65 bits per heavy atom. The number of pyridine rings is 1. The molecule has 1 aliphatic carbocycles. The van der Waals surface area contributed by atoms with Gasteiger partial charge >= 0.3 is 6.09 Å². The molecule has 4 atom stereocenters. The van der Waals surface area contributed by atoms with Crippen molar-refractivity contribution in [1.29, 1.82) is 0 Å². The Morgan fingerprint density at radius 3 is 2.17 bits per heavy atom. The van der Waals surface area contributed by atoms with E-state index >= 15 is 0 Å². The van der Waals surface area contributed by atoms with E-state index in [1.165, 1.54) is 0 Å². The summed E-state index contributed by atoms with van der Waals surface area (Å²) in [6, 6.07) is 11.4. The highest BCUT2D eigenvalue weighted by molar-refractivity contribution is 5.96. The second kappa shape index (κ2) is 13.1. The van der Waals surface area contributed by atoms with Crippen LogP contribution >= 0.6 is 0 Å². The number of amides is 2. The first-order valence-electron chi connectivity index (χ1n) is 14.4. The molecule has 3 aliphatic rings. The lowest BCUT2D eigenvalue weighted by atomic mass is 9.94. The summed E-state index contributed by atoms with van der Waals surface area (Å²) >= 11 is 0. The minimum Gasteiger partial charge on any atom is -0.465 e. The van der Waals surface area contributed by atoms with E-state index in [0.717, 1.165) is 61.5 Å². The molecule has 1 aromatic carbocycles. The molecule has 2 saturated heterocycles. The molecule has 218 valence electrons. The molecule has 2 aromatic rings. The summed E-state index contributed by atoms with van der Waals surface area (Å²) < 4.78 is 24.4. The quantitative estimate of drug-likeness (QED) is 0.461. The molecule has 1 saturated carbocycles. The molecule has 0 radical (unpaired) electrons. The highest BCUT2D eigenvalue weighted by atomic mass is 19.3. The maximum absolute atomic E-state index is 13.1. The molecule has 40 heavy (non-hydrogen) atoms. The molecule has 3 unspecified atom stereocenters. The lowest BCUT2D eigenvalue weighted by Gasteiger charge is -2.29. The Labute approximate surface area is 236 Å². The maximum atomic E-state index is 13.1. The average molecular weight is 557 g/mol. The minimum atomic E-state index is -2.32. The van der Waals surface area contributed by atoms with Crippen molar-refractivity contribution in [3.8, 4) is 0 Å². The van der Waals surface area contributed by atoms with Crippen molar-refractivity contribution in [2.45, 2.75) is 64.8 Å². The summed E-state index contributed by atoms with van der Waals surface area (Å²) in [5.74, 6) is -1.17. The average Bonchev–Trinajstić information content (AvgIpc) is 3.46. The summed E-state index contributed by atoms with van der Waals surface area (Å²) in [4.78, 5) is 33.3. The van der Waals surface area contributed by atoms with Crippen LogP contribution in [0.5, 0.6) is 0 Å². The Kier molecular flexibility index (Phi) is 9.77. The molecule has 2 aliphatic heterocycles. The SMILES string of the molecule is Cc1ccnc(C)c1C(=O)N1CC2CN(CC(C)C(NC(=O)O)c3ccccc3)C[C@H]2C1.FC1(F)CCCCC1. The molecule has 3 fully saturated rings. The first-order chi connectivity index (χ1) is 19.0. The summed E-state index contributed by atoms with van der Waals surface area (Å²) in [5.41, 5.74) is 3.50. The fourth-order valence-electron chi connectivity index (χ4n) is 6.51. The molecular formula is C31H42F2N4O3. The van der Waals surface area contributed by atoms with Crippen LogP contribution in [-0.2, 0) is 0 Å². The van der Waals surface area contributed by atoms with Crippen LogP contribution in [0.25, 0.3) is 0 Å². The number of carbonyl (C=O) groups excluding carboxylic acids is 1. The van der Waals surface area contributed by atoms with Gasteiger partial charge in [-0.3, -0.25) is 9.78 Å². The van der Waals surface area contributed by atoms with Gasteiger partial charge in [-0.15, -0.1) is 0 Å². The molecule has 2 N–H and O–H groups in total. The standard InChI is InChI=1S/C25H32N4O3.C6H10F2/c1-16-9-10-26-18(3)22(16)24(30)29-14-20-12-28(13-21(20)15-29)11-17(2)23(27-25(31)32)19-7-5-4-6-8-19;7-6(8)4-2-1-3-5-6/h4-10,17,20-21,23,27H,11-15H2,1-3H3,(H,31,32);1-5H2/t17?,20-,21?,23?;/m0./s1. The van der Waals surface area contributed by atoms with Gasteiger partial charge in [0, 0.05) is 51.8 Å². The van der Waals surface area contributed by atoms with Crippen molar-refractivity contribution in [2.24, 2.45) is 17.8 Å². The van der Waals surface area contributed by atoms with Crippen molar-refractivity contribution < 1.29 is 23.5 Å². The molecule has 0 bridgehead atoms. The second-order valence-electron chi connectivity index (χ2n) is 11.8. The summed E-state index contributed by atoms with van der Waals surface area (Å²) in [5, 5.41) is 12.0. The van der Waals surface area contributed by atoms with Crippen LogP contribution in [0.3, 0.4) is 0 Å². The predicted octanol–water partition coefficient (Wildman–Crippen LogP) is 5.93. The largest absolute Gasteiger partial charge is 0.465 e. The van der Waals surface area contributed by atoms with E-state index < -0.39 is 12.0 Å². The Hall–Kier alpha value is -3.07. The van der Waals surface area contributed by atoms with Gasteiger partial charge in [-0.1, -0.05) is 43.7 Å². The normalized spacial score (nSPS) is 23.5. The number of carbonyl (C=O) groups is 2. The van der Waals surface area contributed by atoms with Crippen molar-refractivity contribution in [1.82, 2.24) is 20.1 Å². The fraction of sp³-hybridized carbons (Fsp3) is 0.581. The van der Waals surface area contributed by atoms with Crippen LogP contribution in [0.15, 0.2) is 42.6 Å². The highest BCUT2D eigenvalue weighted by Gasteiger charge is 2.42. The summed E-state index contributed by atoms with van der Waals surface area (Å²) in [6.45, 7) is 10.2. The van der Waals surface area contributed by atoms with E-state index in [0.29, 0.717) is 24.7 Å². The number of carboxylic acid groups (broad SMARTS) is 1. The lowest BCUT2D eigenvalue weighted by Crippen LogP contribution is -2.39. The van der Waals surface area contributed by atoms with Crippen LogP contribution in [0.4, 0.5) is 13.6 Å². The number of aromatic nitrogens is 1. The van der Waals surface area contributed by atoms with Gasteiger partial charge in [0.1, 0.15) is 0 Å². The number of nitrogens with zero attached hydrogens (tertiary/aromatic N) is 3. The highest BCUT2D eigenvalue weighted by Crippen LogP contribution is 2.34. The first-order valence-corrected chi connectivity index (χ1v) is 14.4. The maximum Gasteiger partial charge on any atom is 0.405 e. The third-order valence-electron chi connectivity index (χ3n) is 8.55. The molecule has 9 heteroatoms. The number of halogens is 2. The van der Waals surface area contributed by atoms with E-state index in [2.05, 4.69) is 22.1 Å². The topological polar surface area (TPSA) is 85.8 Å². The molecule has 7 nitrogen and oxygen atoms in total. The van der Waals surface area contributed by atoms with Crippen LogP contribution < -0.4 is 5.32 Å². The van der Waals surface area contributed by atoms with Gasteiger partial charge in [-0.05, 0) is 61.6 Å². The minimum absolute atomic E-state index is 0.0946. The van der Waals surface area contributed by atoms with Crippen molar-refractivity contribution in [2.75, 3.05) is 32.7 Å². The third kappa shape index (κ3) is 7.56. The van der Waals surface area contributed by atoms with Gasteiger partial charge in [0.15, 0.2) is 0 Å². The van der Waals surface area contributed by atoms with Gasteiger partial charge in [0.05, 0.1) is 17.3 Å². The summed E-state index contributed by atoms with van der Waals surface area (Å²) in [7, 11) is 0.